The van der Waals surface area contributed by atoms with Crippen molar-refractivity contribution in [2.45, 2.75) is 13.8 Å². The van der Waals surface area contributed by atoms with Crippen LogP contribution in [-0.4, -0.2) is 13.0 Å². The van der Waals surface area contributed by atoms with Crippen LogP contribution in [0, 0.1) is 12.8 Å². The molecule has 3 nitrogen and oxygen atoms in total. The van der Waals surface area contributed by atoms with Crippen LogP contribution in [0.25, 0.3) is 11.0 Å². The Bertz CT molecular complexity index is 626. The Morgan fingerprint density at radius 1 is 1.33 bits per heavy atom. The van der Waals surface area contributed by atoms with E-state index in [0.717, 1.165) is 10.8 Å². The minimum absolute atomic E-state index is 0.109. The van der Waals surface area contributed by atoms with Gasteiger partial charge in [0.15, 0.2) is 0 Å². The second-order valence-electron chi connectivity index (χ2n) is 3.89. The van der Waals surface area contributed by atoms with Crippen LogP contribution in [0.1, 0.15) is 12.5 Å². The summed E-state index contributed by atoms with van der Waals surface area (Å²) in [4.78, 5) is 0.109. The van der Waals surface area contributed by atoms with E-state index in [4.69, 9.17) is 4.55 Å². The molecule has 1 N–H and O–H groups in total. The van der Waals surface area contributed by atoms with Crippen LogP contribution in [0.5, 0.6) is 0 Å². The molecular formula is C11H12O3S. The van der Waals surface area contributed by atoms with Gasteiger partial charge >= 0.3 is 0 Å². The first-order valence-corrected chi connectivity index (χ1v) is 6.14. The number of hydrogen-bond donors (Lipinski definition) is 1. The third-order valence-corrected chi connectivity index (χ3v) is 3.74. The summed E-state index contributed by atoms with van der Waals surface area (Å²) in [5.74, 6) is -0.253. The van der Waals surface area contributed by atoms with Crippen molar-refractivity contribution in [3.05, 3.63) is 34.2 Å². The molecule has 0 bridgehead atoms. The molecule has 4 heteroatoms. The number of hydrogen-bond acceptors (Lipinski definition) is 2. The van der Waals surface area contributed by atoms with E-state index in [9.17, 15) is 8.42 Å². The highest BCUT2D eigenvalue weighted by Crippen LogP contribution is 2.19. The highest BCUT2D eigenvalue weighted by molar-refractivity contribution is 7.95. The van der Waals surface area contributed by atoms with Gasteiger partial charge < -0.3 is 0 Å². The number of fused-ring (bicyclic) bond motifs is 1. The first kappa shape index (κ1) is 10.4. The van der Waals surface area contributed by atoms with Gasteiger partial charge in [-0.25, -0.2) is 0 Å². The topological polar surface area (TPSA) is 54.4 Å². The molecule has 1 aromatic carbocycles. The van der Waals surface area contributed by atoms with E-state index in [-0.39, 0.29) is 10.8 Å². The molecular weight excluding hydrogens is 212 g/mol. The van der Waals surface area contributed by atoms with Gasteiger partial charge in [0.1, 0.15) is 0 Å². The maximum absolute atomic E-state index is 11.2. The van der Waals surface area contributed by atoms with Crippen LogP contribution >= 0.6 is 0 Å². The molecule has 80 valence electrons. The molecule has 0 saturated carbocycles. The van der Waals surface area contributed by atoms with Crippen LogP contribution in [0.3, 0.4) is 0 Å². The summed E-state index contributed by atoms with van der Waals surface area (Å²) in [5.41, 5.74) is 1.08. The predicted molar refractivity (Wildman–Crippen MR) is 59.0 cm³/mol. The lowest BCUT2D eigenvalue weighted by molar-refractivity contribution is 0.494. The normalized spacial score (nSPS) is 19.9. The molecule has 0 aromatic heterocycles. The molecule has 0 amide bonds. The first-order valence-electron chi connectivity index (χ1n) is 4.70. The quantitative estimate of drug-likeness (QED) is 0.703. The van der Waals surface area contributed by atoms with Crippen molar-refractivity contribution in [3.63, 3.8) is 0 Å². The Hall–Kier alpha value is -1.13. The lowest BCUT2D eigenvalue weighted by atomic mass is 10.2. The van der Waals surface area contributed by atoms with E-state index in [0.29, 0.717) is 5.22 Å². The Morgan fingerprint density at radius 3 is 2.60 bits per heavy atom. The second kappa shape index (κ2) is 3.18. The van der Waals surface area contributed by atoms with E-state index in [1.165, 1.54) is 0 Å². The number of benzene rings is 1. The lowest BCUT2D eigenvalue weighted by Crippen LogP contribution is -2.25. The third kappa shape index (κ3) is 1.70. The second-order valence-corrected chi connectivity index (χ2v) is 5.28. The highest BCUT2D eigenvalue weighted by Gasteiger charge is 2.24. The maximum atomic E-state index is 11.2. The molecule has 1 aliphatic rings. The molecule has 1 unspecified atom stereocenters. The van der Waals surface area contributed by atoms with Gasteiger partial charge in [0.05, 0.1) is 4.91 Å². The van der Waals surface area contributed by atoms with Gasteiger partial charge in [-0.05, 0) is 17.4 Å². The minimum Gasteiger partial charge on any atom is -0.282 e. The summed E-state index contributed by atoms with van der Waals surface area (Å²) in [6.45, 7) is 3.71. The molecule has 0 radical (unpaired) electrons. The molecule has 2 rings (SSSR count). The molecule has 1 atom stereocenters. The average molecular weight is 224 g/mol. The van der Waals surface area contributed by atoms with Crippen LogP contribution in [0.15, 0.2) is 18.2 Å². The zero-order chi connectivity index (χ0) is 11.2. The molecule has 0 spiro atoms. The van der Waals surface area contributed by atoms with Gasteiger partial charge in [-0.1, -0.05) is 36.8 Å². The van der Waals surface area contributed by atoms with Crippen molar-refractivity contribution < 1.29 is 13.0 Å². The van der Waals surface area contributed by atoms with Crippen LogP contribution in [-0.2, 0) is 10.1 Å². The zero-order valence-corrected chi connectivity index (χ0v) is 9.38. The summed E-state index contributed by atoms with van der Waals surface area (Å²) in [6, 6.07) is 5.51. The van der Waals surface area contributed by atoms with Gasteiger partial charge in [0, 0.05) is 5.92 Å². The van der Waals surface area contributed by atoms with Crippen LogP contribution < -0.4 is 10.4 Å². The smallest absolute Gasteiger partial charge is 0.282 e. The molecule has 0 heterocycles. The van der Waals surface area contributed by atoms with Crippen LogP contribution in [0.4, 0.5) is 0 Å². The van der Waals surface area contributed by atoms with E-state index < -0.39 is 10.1 Å². The van der Waals surface area contributed by atoms with Crippen molar-refractivity contribution in [1.29, 1.82) is 0 Å². The molecule has 0 aliphatic heterocycles. The fraction of sp³-hybridized carbons (Fsp3) is 0.273. The SMILES string of the molecule is Cc1ccc2c(c1)=CC(C)C=2S(=O)(=O)O. The molecule has 0 fully saturated rings. The Balaban J connectivity index is 2.92. The molecule has 1 aliphatic carbocycles. The third-order valence-electron chi connectivity index (χ3n) is 2.59. The van der Waals surface area contributed by atoms with Gasteiger partial charge in [0.25, 0.3) is 10.1 Å². The van der Waals surface area contributed by atoms with Crippen molar-refractivity contribution in [2.24, 2.45) is 5.92 Å². The number of aryl methyl sites for hydroxylation is 1. The van der Waals surface area contributed by atoms with E-state index in [1.54, 1.807) is 13.0 Å². The van der Waals surface area contributed by atoms with Gasteiger partial charge in [-0.3, -0.25) is 4.55 Å². The summed E-state index contributed by atoms with van der Waals surface area (Å²) in [6.07, 6.45) is 1.85. The van der Waals surface area contributed by atoms with E-state index >= 15 is 0 Å². The largest absolute Gasteiger partial charge is 0.291 e. The van der Waals surface area contributed by atoms with Gasteiger partial charge in [0.2, 0.25) is 0 Å². The fourth-order valence-electron chi connectivity index (χ4n) is 2.01. The van der Waals surface area contributed by atoms with Crippen molar-refractivity contribution in [2.75, 3.05) is 0 Å². The first-order chi connectivity index (χ1) is 6.89. The van der Waals surface area contributed by atoms with Gasteiger partial charge in [-0.2, -0.15) is 8.42 Å². The van der Waals surface area contributed by atoms with E-state index in [2.05, 4.69) is 0 Å². The summed E-state index contributed by atoms with van der Waals surface area (Å²) in [5, 5.41) is 1.51. The molecule has 15 heavy (non-hydrogen) atoms. The molecule has 0 saturated heterocycles. The number of rotatable bonds is 1. The maximum Gasteiger partial charge on any atom is 0.291 e. The summed E-state index contributed by atoms with van der Waals surface area (Å²) >= 11 is 0. The fourth-order valence-corrected chi connectivity index (χ4v) is 3.01. The monoisotopic (exact) mass is 224 g/mol. The predicted octanol–water partition coefficient (Wildman–Crippen LogP) is 0.421. The van der Waals surface area contributed by atoms with Crippen molar-refractivity contribution in [3.8, 4) is 0 Å². The minimum atomic E-state index is -4.09. The Morgan fingerprint density at radius 2 is 2.00 bits per heavy atom. The average Bonchev–Trinajstić information content (AvgIpc) is 2.38. The van der Waals surface area contributed by atoms with Crippen molar-refractivity contribution in [1.82, 2.24) is 0 Å². The van der Waals surface area contributed by atoms with Crippen LogP contribution in [0.2, 0.25) is 0 Å². The Kier molecular flexibility index (Phi) is 2.20. The Labute approximate surface area is 88.5 Å². The summed E-state index contributed by atoms with van der Waals surface area (Å²) < 4.78 is 31.5. The standard InChI is InChI=1S/C11H12O3S/c1-7-3-4-10-9(5-7)6-8(2)11(10)15(12,13)14/h3-6,8H,1-2H3,(H,12,13,14). The van der Waals surface area contributed by atoms with Crippen molar-refractivity contribution >= 4 is 21.1 Å². The highest BCUT2D eigenvalue weighted by atomic mass is 32.2. The zero-order valence-electron chi connectivity index (χ0n) is 8.56. The van der Waals surface area contributed by atoms with E-state index in [1.807, 2.05) is 25.1 Å². The van der Waals surface area contributed by atoms with Gasteiger partial charge in [-0.15, -0.1) is 0 Å². The molecule has 1 aromatic rings. The summed E-state index contributed by atoms with van der Waals surface area (Å²) in [7, 11) is -4.09. The lowest BCUT2D eigenvalue weighted by Gasteiger charge is -2.03.